The summed E-state index contributed by atoms with van der Waals surface area (Å²) in [5.41, 5.74) is 0. The minimum atomic E-state index is 0. The quantitative estimate of drug-likeness (QED) is 0.473. The highest BCUT2D eigenvalue weighted by Gasteiger charge is 2.14. The molecule has 2 nitrogen and oxygen atoms in total. The summed E-state index contributed by atoms with van der Waals surface area (Å²) in [6.45, 7) is 4.72. The molecule has 0 bridgehead atoms. The fourth-order valence-electron chi connectivity index (χ4n) is 1.14. The Morgan fingerprint density at radius 1 is 1.31 bits per heavy atom. The summed E-state index contributed by atoms with van der Waals surface area (Å²) < 4.78 is 1.01. The van der Waals surface area contributed by atoms with Crippen molar-refractivity contribution in [1.82, 2.24) is 0 Å². The lowest BCUT2D eigenvalue weighted by atomic mass is 10.2. The topological polar surface area (TPSA) is 20.2 Å². The van der Waals surface area contributed by atoms with Crippen LogP contribution in [0.5, 0.6) is 0 Å². The van der Waals surface area contributed by atoms with Crippen molar-refractivity contribution in [1.29, 1.82) is 0 Å². The van der Waals surface area contributed by atoms with Crippen molar-refractivity contribution < 1.29 is 26.6 Å². The van der Waals surface area contributed by atoms with E-state index < -0.39 is 0 Å². The van der Waals surface area contributed by atoms with Crippen LogP contribution in [-0.4, -0.2) is 48.2 Å². The third-order valence-corrected chi connectivity index (χ3v) is 2.51. The third kappa shape index (κ3) is 10.8. The standard InChI is InChI=1S/C9H21BrNO.BrH/c1-9(10)5-7-11(2,3)6-4-8-12;/h9,12H,4-8H2,1-3H3;1H/q+1;/p-1. The van der Waals surface area contributed by atoms with Crippen LogP contribution in [0.25, 0.3) is 0 Å². The molecule has 0 spiro atoms. The molecule has 0 saturated carbocycles. The van der Waals surface area contributed by atoms with E-state index in [0.717, 1.165) is 17.4 Å². The van der Waals surface area contributed by atoms with Gasteiger partial charge in [-0.1, -0.05) is 22.9 Å². The average Bonchev–Trinajstić information content (AvgIpc) is 1.98. The van der Waals surface area contributed by atoms with Gasteiger partial charge in [-0.05, 0) is 0 Å². The largest absolute Gasteiger partial charge is 1.00 e. The molecule has 0 aliphatic heterocycles. The molecule has 13 heavy (non-hydrogen) atoms. The Balaban J connectivity index is 0. The van der Waals surface area contributed by atoms with E-state index >= 15 is 0 Å². The second-order valence-corrected chi connectivity index (χ2v) is 5.59. The van der Waals surface area contributed by atoms with Crippen LogP contribution in [0.4, 0.5) is 0 Å². The molecule has 0 rings (SSSR count). The Bertz CT molecular complexity index is 118. The molecule has 0 aromatic rings. The average molecular weight is 319 g/mol. The van der Waals surface area contributed by atoms with Gasteiger partial charge in [-0.2, -0.15) is 0 Å². The Labute approximate surface area is 101 Å². The third-order valence-electron chi connectivity index (χ3n) is 2.05. The number of hydrogen-bond donors (Lipinski definition) is 1. The first-order chi connectivity index (χ1) is 5.48. The van der Waals surface area contributed by atoms with E-state index in [4.69, 9.17) is 5.11 Å². The van der Waals surface area contributed by atoms with E-state index in [2.05, 4.69) is 36.9 Å². The van der Waals surface area contributed by atoms with Crippen LogP contribution in [0, 0.1) is 0 Å². The normalized spacial score (nSPS) is 13.6. The number of halogens is 2. The summed E-state index contributed by atoms with van der Waals surface area (Å²) in [6.07, 6.45) is 2.10. The molecule has 1 atom stereocenters. The van der Waals surface area contributed by atoms with Gasteiger partial charge < -0.3 is 26.6 Å². The van der Waals surface area contributed by atoms with Gasteiger partial charge in [0.25, 0.3) is 0 Å². The fourth-order valence-corrected chi connectivity index (χ4v) is 1.34. The molecule has 1 unspecified atom stereocenters. The van der Waals surface area contributed by atoms with Crippen molar-refractivity contribution in [3.8, 4) is 0 Å². The highest BCUT2D eigenvalue weighted by atomic mass is 79.9. The molecule has 0 aliphatic carbocycles. The van der Waals surface area contributed by atoms with Crippen molar-refractivity contribution in [2.24, 2.45) is 0 Å². The van der Waals surface area contributed by atoms with Gasteiger partial charge in [0.1, 0.15) is 0 Å². The maximum absolute atomic E-state index is 8.69. The molecular weight excluding hydrogens is 298 g/mol. The van der Waals surface area contributed by atoms with Crippen LogP contribution in [-0.2, 0) is 0 Å². The SMILES string of the molecule is CC(Br)CC[N+](C)(C)CCCO.[Br-]. The Morgan fingerprint density at radius 3 is 2.23 bits per heavy atom. The van der Waals surface area contributed by atoms with Gasteiger partial charge in [-0.15, -0.1) is 0 Å². The summed E-state index contributed by atoms with van der Waals surface area (Å²) in [5, 5.41) is 8.69. The lowest BCUT2D eigenvalue weighted by molar-refractivity contribution is -0.890. The van der Waals surface area contributed by atoms with Crippen LogP contribution < -0.4 is 17.0 Å². The van der Waals surface area contributed by atoms with Gasteiger partial charge in [0.05, 0.1) is 27.2 Å². The first kappa shape index (κ1) is 16.3. The van der Waals surface area contributed by atoms with Gasteiger partial charge >= 0.3 is 0 Å². The van der Waals surface area contributed by atoms with Gasteiger partial charge in [-0.3, -0.25) is 0 Å². The van der Waals surface area contributed by atoms with Crippen molar-refractivity contribution in [3.63, 3.8) is 0 Å². The van der Waals surface area contributed by atoms with Crippen molar-refractivity contribution in [2.75, 3.05) is 33.8 Å². The maximum Gasteiger partial charge on any atom is 0.0804 e. The van der Waals surface area contributed by atoms with Crippen molar-refractivity contribution in [3.05, 3.63) is 0 Å². The molecule has 0 amide bonds. The molecule has 0 aliphatic rings. The minimum Gasteiger partial charge on any atom is -1.00 e. The van der Waals surface area contributed by atoms with E-state index in [1.54, 1.807) is 0 Å². The summed E-state index contributed by atoms with van der Waals surface area (Å²) in [6, 6.07) is 0. The van der Waals surface area contributed by atoms with E-state index in [1.165, 1.54) is 13.0 Å². The number of quaternary nitrogens is 1. The highest BCUT2D eigenvalue weighted by molar-refractivity contribution is 9.09. The maximum atomic E-state index is 8.69. The molecule has 0 fully saturated rings. The Hall–Kier alpha value is 0.880. The Kier molecular flexibility index (Phi) is 10.3. The van der Waals surface area contributed by atoms with Gasteiger partial charge in [-0.25, -0.2) is 0 Å². The molecule has 0 aromatic heterocycles. The smallest absolute Gasteiger partial charge is 0.0804 e. The molecular formula is C9H21Br2NO. The number of aliphatic hydroxyl groups excluding tert-OH is 1. The lowest BCUT2D eigenvalue weighted by Crippen LogP contribution is -3.00. The molecule has 0 radical (unpaired) electrons. The van der Waals surface area contributed by atoms with E-state index in [-0.39, 0.29) is 17.0 Å². The number of alkyl halides is 1. The zero-order chi connectivity index (χ0) is 9.61. The molecule has 0 saturated heterocycles. The first-order valence-corrected chi connectivity index (χ1v) is 5.46. The summed E-state index contributed by atoms with van der Waals surface area (Å²) in [5.74, 6) is 0. The number of nitrogens with zero attached hydrogens (tertiary/aromatic N) is 1. The van der Waals surface area contributed by atoms with Gasteiger partial charge in [0.15, 0.2) is 0 Å². The van der Waals surface area contributed by atoms with Crippen LogP contribution in [0.2, 0.25) is 0 Å². The zero-order valence-electron chi connectivity index (χ0n) is 8.76. The second-order valence-electron chi connectivity index (χ2n) is 4.03. The first-order valence-electron chi connectivity index (χ1n) is 4.55. The predicted molar refractivity (Wildman–Crippen MR) is 56.6 cm³/mol. The van der Waals surface area contributed by atoms with E-state index in [9.17, 15) is 0 Å². The molecule has 0 aromatic carbocycles. The number of rotatable bonds is 6. The molecule has 0 heterocycles. The molecule has 82 valence electrons. The second kappa shape index (κ2) is 8.21. The van der Waals surface area contributed by atoms with Gasteiger partial charge in [0.2, 0.25) is 0 Å². The minimum absolute atomic E-state index is 0. The summed E-state index contributed by atoms with van der Waals surface area (Å²) in [7, 11) is 4.43. The number of hydrogen-bond acceptors (Lipinski definition) is 1. The number of aliphatic hydroxyl groups is 1. The van der Waals surface area contributed by atoms with E-state index in [0.29, 0.717) is 11.4 Å². The molecule has 4 heteroatoms. The highest BCUT2D eigenvalue weighted by Crippen LogP contribution is 2.08. The van der Waals surface area contributed by atoms with Crippen LogP contribution in [0.3, 0.4) is 0 Å². The molecule has 1 N–H and O–H groups in total. The van der Waals surface area contributed by atoms with E-state index in [1.807, 2.05) is 0 Å². The van der Waals surface area contributed by atoms with Crippen LogP contribution in [0.1, 0.15) is 19.8 Å². The lowest BCUT2D eigenvalue weighted by Gasteiger charge is -2.30. The zero-order valence-corrected chi connectivity index (χ0v) is 11.9. The van der Waals surface area contributed by atoms with Gasteiger partial charge in [0, 0.05) is 24.3 Å². The Morgan fingerprint density at radius 2 is 1.85 bits per heavy atom. The van der Waals surface area contributed by atoms with Crippen LogP contribution >= 0.6 is 15.9 Å². The predicted octanol–water partition coefficient (Wildman–Crippen LogP) is -1.38. The summed E-state index contributed by atoms with van der Waals surface area (Å²) in [4.78, 5) is 0.601. The summed E-state index contributed by atoms with van der Waals surface area (Å²) >= 11 is 3.54. The van der Waals surface area contributed by atoms with Crippen LogP contribution in [0.15, 0.2) is 0 Å². The van der Waals surface area contributed by atoms with Crippen molar-refractivity contribution >= 4 is 15.9 Å². The monoisotopic (exact) mass is 317 g/mol. The van der Waals surface area contributed by atoms with Crippen molar-refractivity contribution in [2.45, 2.75) is 24.6 Å². The fraction of sp³-hybridized carbons (Fsp3) is 1.00.